The lowest BCUT2D eigenvalue weighted by molar-refractivity contribution is 0.0618. The van der Waals surface area contributed by atoms with E-state index in [4.69, 9.17) is 0 Å². The fourth-order valence-corrected chi connectivity index (χ4v) is 5.00. The number of nitrogens with one attached hydrogen (secondary N) is 1. The van der Waals surface area contributed by atoms with Crippen molar-refractivity contribution >= 4 is 27.3 Å². The van der Waals surface area contributed by atoms with Crippen molar-refractivity contribution in [2.24, 2.45) is 5.92 Å². The van der Waals surface area contributed by atoms with Gasteiger partial charge in [0, 0.05) is 41.9 Å². The monoisotopic (exact) mass is 352 g/mol. The van der Waals surface area contributed by atoms with Gasteiger partial charge in [0.25, 0.3) is 5.91 Å². The number of hydrogen-bond donors (Lipinski definition) is 1. The highest BCUT2D eigenvalue weighted by atomic mass is 32.1. The first-order valence-electron chi connectivity index (χ1n) is 8.82. The van der Waals surface area contributed by atoms with E-state index in [9.17, 15) is 4.79 Å². The summed E-state index contributed by atoms with van der Waals surface area (Å²) in [5, 5.41) is 6.42. The van der Waals surface area contributed by atoms with Crippen molar-refractivity contribution in [3.63, 3.8) is 0 Å². The molecule has 25 heavy (non-hydrogen) atoms. The van der Waals surface area contributed by atoms with Crippen LogP contribution in [0.2, 0.25) is 0 Å². The molecule has 0 saturated carbocycles. The first-order chi connectivity index (χ1) is 12.3. The van der Waals surface area contributed by atoms with E-state index in [0.29, 0.717) is 11.6 Å². The number of hydrogen-bond acceptors (Lipinski definition) is 4. The Bertz CT molecular complexity index is 909. The Hall–Kier alpha value is -2.18. The molecular formula is C19H20N4OS. The molecule has 5 nitrogen and oxygen atoms in total. The molecule has 1 unspecified atom stereocenters. The maximum absolute atomic E-state index is 12.8. The minimum absolute atomic E-state index is 0.0506. The molecule has 1 amide bonds. The highest BCUT2D eigenvalue weighted by Gasteiger charge is 2.35. The second-order valence-corrected chi connectivity index (χ2v) is 7.91. The van der Waals surface area contributed by atoms with Gasteiger partial charge in [-0.15, -0.1) is 11.3 Å². The summed E-state index contributed by atoms with van der Waals surface area (Å²) in [6, 6.07) is 6.20. The highest BCUT2D eigenvalue weighted by Crippen LogP contribution is 2.30. The molecular weight excluding hydrogens is 332 g/mol. The SMILES string of the molecule is O=C(NC1CN2CCC1CC2)c1cc2c(-n3cccc3)csc2cn1. The van der Waals surface area contributed by atoms with E-state index in [1.807, 2.05) is 36.8 Å². The Morgan fingerprint density at radius 1 is 1.24 bits per heavy atom. The number of pyridine rings is 1. The van der Waals surface area contributed by atoms with E-state index < -0.39 is 0 Å². The van der Waals surface area contributed by atoms with E-state index >= 15 is 0 Å². The standard InChI is InChI=1S/C19H20N4OS/c24-19(21-16-11-22-7-3-13(16)4-8-22)15-9-14-17(23-5-1-2-6-23)12-25-18(14)10-20-15/h1-2,5-6,9-10,12-13,16H,3-4,7-8,11H2,(H,21,24). The van der Waals surface area contributed by atoms with Crippen LogP contribution in [-0.2, 0) is 0 Å². The number of carbonyl (C=O) groups excluding carboxylic acids is 1. The van der Waals surface area contributed by atoms with Gasteiger partial charge in [0.05, 0.1) is 10.4 Å². The molecule has 0 spiro atoms. The Labute approximate surface area is 150 Å². The van der Waals surface area contributed by atoms with E-state index in [1.165, 1.54) is 25.9 Å². The third kappa shape index (κ3) is 2.65. The van der Waals surface area contributed by atoms with Crippen LogP contribution < -0.4 is 5.32 Å². The van der Waals surface area contributed by atoms with Crippen molar-refractivity contribution in [3.05, 3.63) is 47.9 Å². The Morgan fingerprint density at radius 2 is 2.04 bits per heavy atom. The Balaban J connectivity index is 1.42. The predicted molar refractivity (Wildman–Crippen MR) is 99.4 cm³/mol. The zero-order valence-corrected chi connectivity index (χ0v) is 14.7. The summed E-state index contributed by atoms with van der Waals surface area (Å²) in [5.74, 6) is 0.569. The van der Waals surface area contributed by atoms with Gasteiger partial charge in [-0.05, 0) is 50.0 Å². The van der Waals surface area contributed by atoms with Gasteiger partial charge in [0.2, 0.25) is 0 Å². The predicted octanol–water partition coefficient (Wildman–Crippen LogP) is 2.91. The van der Waals surface area contributed by atoms with Gasteiger partial charge in [0.1, 0.15) is 5.69 Å². The molecule has 6 heteroatoms. The number of aromatic nitrogens is 2. The maximum atomic E-state index is 12.8. The molecule has 6 heterocycles. The van der Waals surface area contributed by atoms with Crippen molar-refractivity contribution in [2.45, 2.75) is 18.9 Å². The Morgan fingerprint density at radius 3 is 2.76 bits per heavy atom. The van der Waals surface area contributed by atoms with Crippen LogP contribution in [0.3, 0.4) is 0 Å². The van der Waals surface area contributed by atoms with Crippen LogP contribution in [0.4, 0.5) is 0 Å². The number of amides is 1. The number of fused-ring (bicyclic) bond motifs is 4. The number of thiophene rings is 1. The van der Waals surface area contributed by atoms with Crippen LogP contribution in [0.1, 0.15) is 23.3 Å². The third-order valence-electron chi connectivity index (χ3n) is 5.53. The molecule has 3 saturated heterocycles. The van der Waals surface area contributed by atoms with Gasteiger partial charge in [-0.25, -0.2) is 4.98 Å². The normalized spacial score (nSPS) is 25.4. The summed E-state index contributed by atoms with van der Waals surface area (Å²) in [5.41, 5.74) is 1.61. The molecule has 128 valence electrons. The molecule has 3 aliphatic rings. The summed E-state index contributed by atoms with van der Waals surface area (Å²) in [6.07, 6.45) is 8.25. The fraction of sp³-hybridized carbons (Fsp3) is 0.368. The average molecular weight is 352 g/mol. The zero-order chi connectivity index (χ0) is 16.8. The quantitative estimate of drug-likeness (QED) is 0.788. The number of carbonyl (C=O) groups is 1. The van der Waals surface area contributed by atoms with Crippen molar-refractivity contribution in [2.75, 3.05) is 19.6 Å². The van der Waals surface area contributed by atoms with Gasteiger partial charge >= 0.3 is 0 Å². The van der Waals surface area contributed by atoms with Crippen LogP contribution in [0.25, 0.3) is 15.8 Å². The van der Waals surface area contributed by atoms with Crippen LogP contribution in [0.5, 0.6) is 0 Å². The number of piperidine rings is 3. The number of rotatable bonds is 3. The average Bonchev–Trinajstić information content (AvgIpc) is 3.31. The molecule has 1 atom stereocenters. The summed E-state index contributed by atoms with van der Waals surface area (Å²) in [4.78, 5) is 19.6. The second kappa shape index (κ2) is 5.97. The number of nitrogens with zero attached hydrogens (tertiary/aromatic N) is 3. The fourth-order valence-electron chi connectivity index (χ4n) is 4.11. The van der Waals surface area contributed by atoms with E-state index in [0.717, 1.165) is 22.3 Å². The topological polar surface area (TPSA) is 50.2 Å². The smallest absolute Gasteiger partial charge is 0.270 e. The molecule has 6 rings (SSSR count). The molecule has 2 bridgehead atoms. The van der Waals surface area contributed by atoms with Crippen LogP contribution in [0.15, 0.2) is 42.2 Å². The summed E-state index contributed by atoms with van der Waals surface area (Å²) < 4.78 is 3.18. The molecule has 1 N–H and O–H groups in total. The summed E-state index contributed by atoms with van der Waals surface area (Å²) in [6.45, 7) is 3.33. The van der Waals surface area contributed by atoms with Gasteiger partial charge in [-0.2, -0.15) is 0 Å². The first kappa shape index (κ1) is 15.1. The lowest BCUT2D eigenvalue weighted by Crippen LogP contribution is -2.57. The maximum Gasteiger partial charge on any atom is 0.270 e. The molecule has 3 fully saturated rings. The lowest BCUT2D eigenvalue weighted by Gasteiger charge is -2.44. The van der Waals surface area contributed by atoms with E-state index in [2.05, 4.69) is 25.1 Å². The van der Waals surface area contributed by atoms with Crippen LogP contribution in [0, 0.1) is 5.92 Å². The van der Waals surface area contributed by atoms with E-state index in [-0.39, 0.29) is 11.9 Å². The van der Waals surface area contributed by atoms with Crippen molar-refractivity contribution in [3.8, 4) is 5.69 Å². The minimum atomic E-state index is -0.0506. The molecule has 3 aromatic rings. The first-order valence-corrected chi connectivity index (χ1v) is 9.70. The zero-order valence-electron chi connectivity index (χ0n) is 13.9. The third-order valence-corrected chi connectivity index (χ3v) is 6.45. The largest absolute Gasteiger partial charge is 0.346 e. The highest BCUT2D eigenvalue weighted by molar-refractivity contribution is 7.17. The van der Waals surface area contributed by atoms with Crippen molar-refractivity contribution in [1.29, 1.82) is 0 Å². The molecule has 0 aromatic carbocycles. The molecule has 3 aliphatic heterocycles. The Kier molecular flexibility index (Phi) is 3.60. The molecule has 3 aromatic heterocycles. The van der Waals surface area contributed by atoms with Gasteiger partial charge < -0.3 is 14.8 Å². The van der Waals surface area contributed by atoms with Crippen LogP contribution >= 0.6 is 11.3 Å². The molecule has 0 radical (unpaired) electrons. The second-order valence-electron chi connectivity index (χ2n) is 6.99. The van der Waals surface area contributed by atoms with Gasteiger partial charge in [0.15, 0.2) is 0 Å². The lowest BCUT2D eigenvalue weighted by atomic mass is 9.84. The summed E-state index contributed by atoms with van der Waals surface area (Å²) in [7, 11) is 0. The van der Waals surface area contributed by atoms with Gasteiger partial charge in [-0.3, -0.25) is 4.79 Å². The minimum Gasteiger partial charge on any atom is -0.346 e. The van der Waals surface area contributed by atoms with Crippen molar-refractivity contribution in [1.82, 2.24) is 19.8 Å². The van der Waals surface area contributed by atoms with Crippen LogP contribution in [-0.4, -0.2) is 46.0 Å². The van der Waals surface area contributed by atoms with Gasteiger partial charge in [-0.1, -0.05) is 0 Å². The summed E-state index contributed by atoms with van der Waals surface area (Å²) >= 11 is 1.66. The van der Waals surface area contributed by atoms with Crippen molar-refractivity contribution < 1.29 is 4.79 Å². The van der Waals surface area contributed by atoms with E-state index in [1.54, 1.807) is 11.3 Å². The molecule has 0 aliphatic carbocycles.